The van der Waals surface area contributed by atoms with Gasteiger partial charge in [0.25, 0.3) is 0 Å². The first-order valence-electron chi connectivity index (χ1n) is 7.84. The van der Waals surface area contributed by atoms with Crippen molar-refractivity contribution in [2.24, 2.45) is 10.8 Å². The van der Waals surface area contributed by atoms with Gasteiger partial charge in [-0.25, -0.2) is 0 Å². The van der Waals surface area contributed by atoms with E-state index in [0.717, 1.165) is 11.9 Å². The molecule has 0 saturated heterocycles. The Morgan fingerprint density at radius 1 is 1.00 bits per heavy atom. The fourth-order valence-corrected chi connectivity index (χ4v) is 2.65. The minimum Gasteiger partial charge on any atom is -0.105 e. The Bertz CT molecular complexity index is 432. The molecular formula is C19H31B. The lowest BCUT2D eigenvalue weighted by atomic mass is 9.78. The summed E-state index contributed by atoms with van der Waals surface area (Å²) in [5, 5.41) is 0. The van der Waals surface area contributed by atoms with E-state index in [1.807, 2.05) is 0 Å². The molecule has 0 amide bonds. The van der Waals surface area contributed by atoms with E-state index in [0.29, 0.717) is 10.8 Å². The summed E-state index contributed by atoms with van der Waals surface area (Å²) in [6.45, 7) is 15.8. The first-order valence-corrected chi connectivity index (χ1v) is 7.84. The highest BCUT2D eigenvalue weighted by Gasteiger charge is 2.20. The van der Waals surface area contributed by atoms with Crippen LogP contribution in [0.2, 0.25) is 0 Å². The second-order valence-corrected chi connectivity index (χ2v) is 8.23. The average Bonchev–Trinajstić information content (AvgIpc) is 2.26. The second kappa shape index (κ2) is 6.65. The lowest BCUT2D eigenvalue weighted by Crippen LogP contribution is -2.16. The Labute approximate surface area is 127 Å². The molecule has 1 aromatic carbocycles. The zero-order valence-electron chi connectivity index (χ0n) is 14.3. The van der Waals surface area contributed by atoms with Gasteiger partial charge < -0.3 is 0 Å². The molecule has 0 unspecified atom stereocenters. The summed E-state index contributed by atoms with van der Waals surface area (Å²) in [5.74, 6) is 0. The molecule has 0 bridgehead atoms. The molecule has 0 nitrogen and oxygen atoms in total. The van der Waals surface area contributed by atoms with Gasteiger partial charge in [-0.05, 0) is 41.2 Å². The van der Waals surface area contributed by atoms with E-state index < -0.39 is 0 Å². The zero-order chi connectivity index (χ0) is 15.4. The summed E-state index contributed by atoms with van der Waals surface area (Å²) >= 11 is 0. The number of hydrogen-bond donors (Lipinski definition) is 0. The lowest BCUT2D eigenvalue weighted by Gasteiger charge is -2.27. The van der Waals surface area contributed by atoms with Crippen molar-refractivity contribution in [3.63, 3.8) is 0 Å². The van der Waals surface area contributed by atoms with E-state index in [-0.39, 0.29) is 0 Å². The topological polar surface area (TPSA) is 0 Å². The van der Waals surface area contributed by atoms with Crippen LogP contribution >= 0.6 is 0 Å². The molecule has 0 saturated carbocycles. The van der Waals surface area contributed by atoms with Crippen molar-refractivity contribution in [1.29, 1.82) is 0 Å². The maximum Gasteiger partial charge on any atom is 0.139 e. The van der Waals surface area contributed by atoms with Crippen molar-refractivity contribution < 1.29 is 0 Å². The highest BCUT2D eigenvalue weighted by molar-refractivity contribution is 6.41. The number of hydrogen-bond acceptors (Lipinski definition) is 0. The quantitative estimate of drug-likeness (QED) is 0.633. The summed E-state index contributed by atoms with van der Waals surface area (Å²) in [7, 11) is 2.06. The maximum atomic E-state index is 3.99. The van der Waals surface area contributed by atoms with E-state index in [2.05, 4.69) is 73.3 Å². The normalized spacial score (nSPS) is 12.4. The van der Waals surface area contributed by atoms with Crippen molar-refractivity contribution in [2.75, 3.05) is 0 Å². The average molecular weight is 270 g/mol. The Hall–Kier alpha value is -0.975. The van der Waals surface area contributed by atoms with Crippen LogP contribution in [0.25, 0.3) is 5.47 Å². The third kappa shape index (κ3) is 6.46. The van der Waals surface area contributed by atoms with Crippen molar-refractivity contribution in [1.82, 2.24) is 0 Å². The van der Waals surface area contributed by atoms with Crippen LogP contribution in [0.3, 0.4) is 0 Å². The molecule has 0 aliphatic rings. The monoisotopic (exact) mass is 270 g/mol. The number of rotatable bonds is 6. The van der Waals surface area contributed by atoms with Gasteiger partial charge in [-0.3, -0.25) is 0 Å². The highest BCUT2D eigenvalue weighted by Crippen LogP contribution is 2.31. The third-order valence-corrected chi connectivity index (χ3v) is 3.91. The molecule has 20 heavy (non-hydrogen) atoms. The molecule has 1 heteroatoms. The van der Waals surface area contributed by atoms with Gasteiger partial charge in [-0.2, -0.15) is 0 Å². The zero-order valence-corrected chi connectivity index (χ0v) is 14.3. The van der Waals surface area contributed by atoms with Gasteiger partial charge in [-0.1, -0.05) is 70.8 Å². The van der Waals surface area contributed by atoms with Crippen LogP contribution in [0.15, 0.2) is 30.8 Å². The van der Waals surface area contributed by atoms with Gasteiger partial charge in [0.15, 0.2) is 0 Å². The minimum absolute atomic E-state index is 0.385. The van der Waals surface area contributed by atoms with Crippen LogP contribution in [-0.2, 0) is 6.42 Å². The van der Waals surface area contributed by atoms with Gasteiger partial charge in [0.2, 0.25) is 0 Å². The lowest BCUT2D eigenvalue weighted by molar-refractivity contribution is 0.280. The van der Waals surface area contributed by atoms with Crippen molar-refractivity contribution in [2.45, 2.75) is 60.3 Å². The van der Waals surface area contributed by atoms with Gasteiger partial charge in [0.05, 0.1) is 0 Å². The van der Waals surface area contributed by atoms with Crippen LogP contribution in [0.4, 0.5) is 0 Å². The predicted molar refractivity (Wildman–Crippen MR) is 94.8 cm³/mol. The van der Waals surface area contributed by atoms with Crippen molar-refractivity contribution in [3.8, 4) is 0 Å². The van der Waals surface area contributed by atoms with Crippen molar-refractivity contribution in [3.05, 3.63) is 42.0 Å². The highest BCUT2D eigenvalue weighted by atomic mass is 14.2. The second-order valence-electron chi connectivity index (χ2n) is 8.23. The van der Waals surface area contributed by atoms with Gasteiger partial charge in [0.1, 0.15) is 7.85 Å². The van der Waals surface area contributed by atoms with Gasteiger partial charge in [-0.15, -0.1) is 6.58 Å². The van der Waals surface area contributed by atoms with Crippen LogP contribution in [-0.4, -0.2) is 7.85 Å². The Morgan fingerprint density at radius 2 is 1.55 bits per heavy atom. The molecule has 0 aliphatic carbocycles. The molecule has 0 aromatic heterocycles. The molecule has 0 aliphatic heterocycles. The van der Waals surface area contributed by atoms with E-state index in [1.54, 1.807) is 0 Å². The predicted octanol–water partition coefficient (Wildman–Crippen LogP) is 5.08. The molecule has 0 radical (unpaired) electrons. The molecular weight excluding hydrogens is 239 g/mol. The summed E-state index contributed by atoms with van der Waals surface area (Å²) in [5.41, 5.74) is 4.67. The summed E-state index contributed by atoms with van der Waals surface area (Å²) in [6.07, 6.45) is 5.09. The Kier molecular flexibility index (Phi) is 5.68. The Morgan fingerprint density at radius 3 is 2.00 bits per heavy atom. The molecule has 0 spiro atoms. The van der Waals surface area contributed by atoms with E-state index in [1.165, 1.54) is 30.4 Å². The van der Waals surface area contributed by atoms with E-state index in [4.69, 9.17) is 0 Å². The molecule has 0 atom stereocenters. The van der Waals surface area contributed by atoms with Crippen LogP contribution in [0, 0.1) is 10.8 Å². The smallest absolute Gasteiger partial charge is 0.105 e. The third-order valence-electron chi connectivity index (χ3n) is 3.91. The molecule has 0 N–H and O–H groups in total. The number of benzene rings is 1. The molecule has 1 rings (SSSR count). The van der Waals surface area contributed by atoms with Crippen LogP contribution in [0.1, 0.15) is 65.0 Å². The van der Waals surface area contributed by atoms with Gasteiger partial charge >= 0.3 is 0 Å². The summed E-state index contributed by atoms with van der Waals surface area (Å²) in [6, 6.07) is 8.91. The molecule has 0 fully saturated rings. The SMILES string of the molecule is BC(=C)c1ccc(CC(C)(C)CCCC(C)(C)C)cc1. The fourth-order valence-electron chi connectivity index (χ4n) is 2.65. The van der Waals surface area contributed by atoms with E-state index >= 15 is 0 Å². The van der Waals surface area contributed by atoms with Crippen molar-refractivity contribution >= 4 is 13.3 Å². The standard InChI is InChI=1S/C19H31B/c1-15(20)17-10-8-16(9-11-17)14-19(5,6)13-7-12-18(2,3)4/h8-11H,1,7,12-14,20H2,2-6H3. The largest absolute Gasteiger partial charge is 0.139 e. The van der Waals surface area contributed by atoms with Crippen LogP contribution in [0.5, 0.6) is 0 Å². The first-order chi connectivity index (χ1) is 9.09. The first kappa shape index (κ1) is 17.1. The minimum atomic E-state index is 0.385. The molecule has 0 heterocycles. The van der Waals surface area contributed by atoms with Gasteiger partial charge in [0, 0.05) is 0 Å². The summed E-state index contributed by atoms with van der Waals surface area (Å²) < 4.78 is 0. The Balaban J connectivity index is 2.55. The van der Waals surface area contributed by atoms with E-state index in [9.17, 15) is 0 Å². The summed E-state index contributed by atoms with van der Waals surface area (Å²) in [4.78, 5) is 0. The fraction of sp³-hybridized carbons (Fsp3) is 0.579. The maximum absolute atomic E-state index is 3.99. The van der Waals surface area contributed by atoms with Crippen LogP contribution < -0.4 is 0 Å². The molecule has 110 valence electrons. The molecule has 1 aromatic rings.